The van der Waals surface area contributed by atoms with Crippen molar-refractivity contribution in [3.8, 4) is 0 Å². The van der Waals surface area contributed by atoms with Crippen LogP contribution in [0.1, 0.15) is 17.0 Å². The predicted molar refractivity (Wildman–Crippen MR) is 90.4 cm³/mol. The Morgan fingerprint density at radius 1 is 1.13 bits per heavy atom. The second-order valence-electron chi connectivity index (χ2n) is 6.08. The van der Waals surface area contributed by atoms with E-state index in [0.717, 1.165) is 11.1 Å². The third-order valence-electron chi connectivity index (χ3n) is 4.49. The molecule has 6 heteroatoms. The van der Waals surface area contributed by atoms with Crippen molar-refractivity contribution in [2.75, 3.05) is 6.61 Å². The van der Waals surface area contributed by atoms with E-state index >= 15 is 0 Å². The van der Waals surface area contributed by atoms with E-state index < -0.39 is 33.2 Å². The summed E-state index contributed by atoms with van der Waals surface area (Å²) >= 11 is 5.88. The van der Waals surface area contributed by atoms with Crippen molar-refractivity contribution in [3.63, 3.8) is 0 Å². The Labute approximate surface area is 140 Å². The molecule has 3 N–H and O–H groups in total. The number of rotatable bonds is 4. The van der Waals surface area contributed by atoms with Crippen LogP contribution in [0.5, 0.6) is 0 Å². The number of hydrogen-bond donors (Lipinski definition) is 2. The summed E-state index contributed by atoms with van der Waals surface area (Å²) in [6.07, 6.45) is 0. The maximum absolute atomic E-state index is 12.9. The summed E-state index contributed by atoms with van der Waals surface area (Å²) in [6.45, 7) is 1.50. The topological polar surface area (TPSA) is 80.4 Å². The number of nitrogens with two attached hydrogens (primary N) is 1. The fourth-order valence-corrected chi connectivity index (χ4v) is 5.53. The van der Waals surface area contributed by atoms with Gasteiger partial charge < -0.3 is 10.8 Å². The normalized spacial score (nSPS) is 27.0. The first-order chi connectivity index (χ1) is 10.8. The van der Waals surface area contributed by atoms with Gasteiger partial charge in [0.1, 0.15) is 0 Å². The third kappa shape index (κ3) is 2.68. The molecule has 2 aromatic carbocycles. The summed E-state index contributed by atoms with van der Waals surface area (Å²) in [7, 11) is -3.63. The van der Waals surface area contributed by atoms with Crippen LogP contribution in [0.15, 0.2) is 53.4 Å². The molecule has 0 spiro atoms. The molecule has 0 saturated heterocycles. The highest BCUT2D eigenvalue weighted by Gasteiger charge is 2.69. The zero-order valence-corrected chi connectivity index (χ0v) is 14.2. The number of benzene rings is 2. The van der Waals surface area contributed by atoms with Crippen LogP contribution in [0.4, 0.5) is 0 Å². The zero-order valence-electron chi connectivity index (χ0n) is 12.6. The molecule has 0 aromatic heterocycles. The summed E-state index contributed by atoms with van der Waals surface area (Å²) in [5.74, 6) is -0.448. The van der Waals surface area contributed by atoms with E-state index in [9.17, 15) is 13.5 Å². The number of aliphatic hydroxyl groups is 1. The van der Waals surface area contributed by atoms with Crippen molar-refractivity contribution < 1.29 is 13.5 Å². The fourth-order valence-electron chi connectivity index (χ4n) is 3.11. The van der Waals surface area contributed by atoms with Crippen LogP contribution in [0, 0.1) is 6.92 Å². The van der Waals surface area contributed by atoms with Crippen LogP contribution in [0.25, 0.3) is 0 Å². The summed E-state index contributed by atoms with van der Waals surface area (Å²) < 4.78 is 25.8. The van der Waals surface area contributed by atoms with Crippen molar-refractivity contribution in [2.45, 2.75) is 28.5 Å². The monoisotopic (exact) mass is 351 g/mol. The van der Waals surface area contributed by atoms with Crippen LogP contribution in [-0.2, 0) is 9.84 Å². The maximum atomic E-state index is 12.9. The Hall–Kier alpha value is -1.40. The van der Waals surface area contributed by atoms with Gasteiger partial charge in [0.15, 0.2) is 9.84 Å². The highest BCUT2D eigenvalue weighted by atomic mass is 35.5. The summed E-state index contributed by atoms with van der Waals surface area (Å²) in [5.41, 5.74) is 6.78. The van der Waals surface area contributed by atoms with Gasteiger partial charge in [-0.25, -0.2) is 8.42 Å². The second-order valence-corrected chi connectivity index (χ2v) is 8.58. The van der Waals surface area contributed by atoms with E-state index in [1.807, 2.05) is 6.92 Å². The summed E-state index contributed by atoms with van der Waals surface area (Å²) in [4.78, 5) is 0.229. The minimum atomic E-state index is -3.63. The van der Waals surface area contributed by atoms with Crippen LogP contribution >= 0.6 is 11.6 Å². The summed E-state index contributed by atoms with van der Waals surface area (Å²) in [5, 5.41) is 9.39. The van der Waals surface area contributed by atoms with E-state index in [1.54, 1.807) is 48.5 Å². The second kappa shape index (κ2) is 5.60. The highest BCUT2D eigenvalue weighted by molar-refractivity contribution is 7.92. The van der Waals surface area contributed by atoms with Gasteiger partial charge in [-0.3, -0.25) is 0 Å². The average Bonchev–Trinajstić information content (AvgIpc) is 3.16. The number of aliphatic hydroxyl groups excluding tert-OH is 1. The van der Waals surface area contributed by atoms with Crippen LogP contribution in [-0.4, -0.2) is 30.9 Å². The maximum Gasteiger partial charge on any atom is 0.183 e. The number of halogens is 1. The molecule has 1 saturated carbocycles. The first kappa shape index (κ1) is 16.5. The molecule has 1 fully saturated rings. The lowest BCUT2D eigenvalue weighted by Gasteiger charge is -2.08. The highest BCUT2D eigenvalue weighted by Crippen LogP contribution is 2.55. The molecule has 1 aliphatic rings. The van der Waals surface area contributed by atoms with Gasteiger partial charge in [-0.1, -0.05) is 41.4 Å². The molecular weight excluding hydrogens is 334 g/mol. The Balaban J connectivity index is 2.01. The van der Waals surface area contributed by atoms with Crippen LogP contribution in [0.2, 0.25) is 5.02 Å². The van der Waals surface area contributed by atoms with Crippen LogP contribution in [0.3, 0.4) is 0 Å². The lowest BCUT2D eigenvalue weighted by atomic mass is 10.1. The Morgan fingerprint density at radius 2 is 1.70 bits per heavy atom. The van der Waals surface area contributed by atoms with Gasteiger partial charge in [0.2, 0.25) is 0 Å². The van der Waals surface area contributed by atoms with Gasteiger partial charge in [-0.15, -0.1) is 0 Å². The molecule has 1 aliphatic carbocycles. The van der Waals surface area contributed by atoms with Gasteiger partial charge in [0.25, 0.3) is 0 Å². The van der Waals surface area contributed by atoms with Gasteiger partial charge in [0, 0.05) is 10.9 Å². The van der Waals surface area contributed by atoms with Crippen molar-refractivity contribution in [1.82, 2.24) is 0 Å². The molecule has 0 unspecified atom stereocenters. The number of sulfone groups is 1. The fraction of sp³-hybridized carbons (Fsp3) is 0.294. The standard InChI is InChI=1S/C17H18ClNO3S/c1-11-2-8-14(9-3-11)23(21,22)16-15(17(16,19)10-20)12-4-6-13(18)7-5-12/h2-9,15-16,20H,10,19H2,1H3/t15-,16+,17+/m1/s1. The lowest BCUT2D eigenvalue weighted by molar-refractivity contribution is 0.253. The van der Waals surface area contributed by atoms with E-state index in [1.165, 1.54) is 0 Å². The van der Waals surface area contributed by atoms with E-state index in [0.29, 0.717) is 5.02 Å². The van der Waals surface area contributed by atoms with Crippen molar-refractivity contribution in [1.29, 1.82) is 0 Å². The molecule has 0 amide bonds. The smallest absolute Gasteiger partial charge is 0.183 e. The minimum absolute atomic E-state index is 0.229. The molecule has 0 bridgehead atoms. The molecule has 0 heterocycles. The van der Waals surface area contributed by atoms with Gasteiger partial charge >= 0.3 is 0 Å². The molecule has 23 heavy (non-hydrogen) atoms. The Bertz CT molecular complexity index is 818. The number of hydrogen-bond acceptors (Lipinski definition) is 4. The predicted octanol–water partition coefficient (Wildman–Crippen LogP) is 2.28. The molecular formula is C17H18ClNO3S. The molecule has 2 aromatic rings. The molecule has 122 valence electrons. The third-order valence-corrected chi connectivity index (χ3v) is 7.05. The molecule has 3 rings (SSSR count). The first-order valence-electron chi connectivity index (χ1n) is 7.26. The van der Waals surface area contributed by atoms with Gasteiger partial charge in [0.05, 0.1) is 22.3 Å². The molecule has 0 aliphatic heterocycles. The first-order valence-corrected chi connectivity index (χ1v) is 9.19. The van der Waals surface area contributed by atoms with Crippen molar-refractivity contribution >= 4 is 21.4 Å². The average molecular weight is 352 g/mol. The number of aryl methyl sites for hydroxylation is 1. The summed E-state index contributed by atoms with van der Waals surface area (Å²) in [6, 6.07) is 13.6. The Kier molecular flexibility index (Phi) is 4.01. The van der Waals surface area contributed by atoms with Gasteiger partial charge in [-0.05, 0) is 36.8 Å². The molecule has 0 radical (unpaired) electrons. The largest absolute Gasteiger partial charge is 0.394 e. The van der Waals surface area contributed by atoms with E-state index in [4.69, 9.17) is 17.3 Å². The lowest BCUT2D eigenvalue weighted by Crippen LogP contribution is -2.35. The van der Waals surface area contributed by atoms with E-state index in [-0.39, 0.29) is 4.90 Å². The SMILES string of the molecule is Cc1ccc(S(=O)(=O)[C@H]2[C@@H](c3ccc(Cl)cc3)[C@@]2(N)CO)cc1. The molecule has 4 nitrogen and oxygen atoms in total. The molecule has 3 atom stereocenters. The zero-order chi connectivity index (χ0) is 16.8. The van der Waals surface area contributed by atoms with Gasteiger partial charge in [-0.2, -0.15) is 0 Å². The van der Waals surface area contributed by atoms with Crippen molar-refractivity contribution in [2.24, 2.45) is 5.73 Å². The quantitative estimate of drug-likeness (QED) is 0.885. The Morgan fingerprint density at radius 3 is 2.22 bits per heavy atom. The van der Waals surface area contributed by atoms with Crippen LogP contribution < -0.4 is 5.73 Å². The van der Waals surface area contributed by atoms with E-state index in [2.05, 4.69) is 0 Å². The minimum Gasteiger partial charge on any atom is -0.394 e. The van der Waals surface area contributed by atoms with Crippen molar-refractivity contribution in [3.05, 3.63) is 64.7 Å².